The van der Waals surface area contributed by atoms with Crippen molar-refractivity contribution in [3.8, 4) is 11.1 Å². The minimum atomic E-state index is -0.298. The largest absolute Gasteiger partial charge is 0.465 e. The Bertz CT molecular complexity index is 530. The van der Waals surface area contributed by atoms with E-state index in [9.17, 15) is 4.79 Å². The van der Waals surface area contributed by atoms with Gasteiger partial charge in [0.15, 0.2) is 0 Å². The summed E-state index contributed by atoms with van der Waals surface area (Å²) in [5.74, 6) is -0.298. The van der Waals surface area contributed by atoms with Crippen molar-refractivity contribution in [1.82, 2.24) is 0 Å². The Labute approximate surface area is 101 Å². The molecule has 0 spiro atoms. The molecular weight excluding hydrogens is 212 g/mol. The van der Waals surface area contributed by atoms with Crippen molar-refractivity contribution in [2.24, 2.45) is 0 Å². The van der Waals surface area contributed by atoms with Crippen LogP contribution in [0.3, 0.4) is 0 Å². The molecule has 0 N–H and O–H groups in total. The fourth-order valence-electron chi connectivity index (χ4n) is 1.76. The number of methoxy groups -OCH3 is 1. The van der Waals surface area contributed by atoms with E-state index in [4.69, 9.17) is 4.74 Å². The minimum Gasteiger partial charge on any atom is -0.465 e. The van der Waals surface area contributed by atoms with Gasteiger partial charge in [-0.15, -0.1) is 0 Å². The molecule has 0 fully saturated rings. The maximum atomic E-state index is 11.5. The van der Waals surface area contributed by atoms with Gasteiger partial charge in [-0.3, -0.25) is 0 Å². The van der Waals surface area contributed by atoms with Crippen molar-refractivity contribution in [2.45, 2.75) is 6.92 Å². The van der Waals surface area contributed by atoms with Gasteiger partial charge in [0, 0.05) is 0 Å². The number of esters is 1. The summed E-state index contributed by atoms with van der Waals surface area (Å²) in [4.78, 5) is 11.5. The van der Waals surface area contributed by atoms with Crippen molar-refractivity contribution >= 4 is 5.97 Å². The maximum absolute atomic E-state index is 11.5. The Morgan fingerprint density at radius 2 is 2.06 bits per heavy atom. The van der Waals surface area contributed by atoms with Gasteiger partial charge in [0.2, 0.25) is 0 Å². The molecule has 2 aromatic carbocycles. The van der Waals surface area contributed by atoms with Crippen LogP contribution >= 0.6 is 0 Å². The maximum Gasteiger partial charge on any atom is 0.338 e. The Kier molecular flexibility index (Phi) is 3.24. The van der Waals surface area contributed by atoms with E-state index in [1.54, 1.807) is 6.07 Å². The van der Waals surface area contributed by atoms with Crippen LogP contribution in [0, 0.1) is 13.0 Å². The van der Waals surface area contributed by atoms with Crippen LogP contribution < -0.4 is 0 Å². The van der Waals surface area contributed by atoms with Crippen LogP contribution in [-0.2, 0) is 4.74 Å². The van der Waals surface area contributed by atoms with Crippen molar-refractivity contribution in [3.63, 3.8) is 0 Å². The van der Waals surface area contributed by atoms with E-state index < -0.39 is 0 Å². The zero-order valence-electron chi connectivity index (χ0n) is 9.86. The molecule has 0 saturated heterocycles. The summed E-state index contributed by atoms with van der Waals surface area (Å²) in [5, 5.41) is 0. The quantitative estimate of drug-likeness (QED) is 0.733. The zero-order valence-corrected chi connectivity index (χ0v) is 9.86. The van der Waals surface area contributed by atoms with Crippen molar-refractivity contribution < 1.29 is 9.53 Å². The highest BCUT2D eigenvalue weighted by atomic mass is 16.5. The third-order valence-corrected chi connectivity index (χ3v) is 2.67. The number of carbonyl (C=O) groups excluding carboxylic acids is 1. The van der Waals surface area contributed by atoms with Crippen LogP contribution in [0.5, 0.6) is 0 Å². The van der Waals surface area contributed by atoms with Crippen LogP contribution in [0.4, 0.5) is 0 Å². The van der Waals surface area contributed by atoms with Gasteiger partial charge < -0.3 is 4.74 Å². The van der Waals surface area contributed by atoms with Crippen LogP contribution in [0.1, 0.15) is 15.9 Å². The van der Waals surface area contributed by atoms with E-state index >= 15 is 0 Å². The van der Waals surface area contributed by atoms with Crippen molar-refractivity contribution in [1.29, 1.82) is 0 Å². The average molecular weight is 225 g/mol. The minimum absolute atomic E-state index is 0.298. The van der Waals surface area contributed by atoms with Gasteiger partial charge in [-0.2, -0.15) is 0 Å². The predicted octanol–water partition coefficient (Wildman–Crippen LogP) is 3.25. The summed E-state index contributed by atoms with van der Waals surface area (Å²) < 4.78 is 4.72. The molecule has 0 aliphatic carbocycles. The van der Waals surface area contributed by atoms with Gasteiger partial charge in [0.1, 0.15) is 0 Å². The molecule has 0 atom stereocenters. The molecule has 0 aliphatic rings. The van der Waals surface area contributed by atoms with E-state index in [1.807, 2.05) is 43.3 Å². The third-order valence-electron chi connectivity index (χ3n) is 2.67. The molecule has 0 aliphatic heterocycles. The molecule has 2 aromatic rings. The second-order valence-electron chi connectivity index (χ2n) is 3.81. The number of aryl methyl sites for hydroxylation is 1. The summed E-state index contributed by atoms with van der Waals surface area (Å²) in [6.07, 6.45) is 0. The first-order valence-electron chi connectivity index (χ1n) is 5.38. The number of hydrogen-bond donors (Lipinski definition) is 0. The molecule has 2 rings (SSSR count). The summed E-state index contributed by atoms with van der Waals surface area (Å²) in [5.41, 5.74) is 3.69. The monoisotopic (exact) mass is 225 g/mol. The summed E-state index contributed by atoms with van der Waals surface area (Å²) >= 11 is 0. The highest BCUT2D eigenvalue weighted by Crippen LogP contribution is 2.22. The molecule has 2 heteroatoms. The Morgan fingerprint density at radius 3 is 2.65 bits per heavy atom. The Balaban J connectivity index is 2.41. The number of carbonyl (C=O) groups is 1. The molecular formula is C15H13O2. The van der Waals surface area contributed by atoms with E-state index in [0.29, 0.717) is 5.56 Å². The SMILES string of the molecule is COC(=O)c1ccc(-c2c[c]ccc2)cc1C. The van der Waals surface area contributed by atoms with Gasteiger partial charge in [-0.1, -0.05) is 30.3 Å². The second-order valence-corrected chi connectivity index (χ2v) is 3.81. The average Bonchev–Trinajstić information content (AvgIpc) is 2.39. The Hall–Kier alpha value is -2.09. The molecule has 0 bridgehead atoms. The molecule has 0 unspecified atom stereocenters. The smallest absolute Gasteiger partial charge is 0.338 e. The van der Waals surface area contributed by atoms with E-state index in [2.05, 4.69) is 6.07 Å². The topological polar surface area (TPSA) is 26.3 Å². The van der Waals surface area contributed by atoms with Crippen LogP contribution in [0.25, 0.3) is 11.1 Å². The van der Waals surface area contributed by atoms with Crippen LogP contribution in [0.2, 0.25) is 0 Å². The van der Waals surface area contributed by atoms with E-state index in [1.165, 1.54) is 7.11 Å². The summed E-state index contributed by atoms with van der Waals surface area (Å²) in [7, 11) is 1.39. The second kappa shape index (κ2) is 4.83. The standard InChI is InChI=1S/C15H13O2/c1-11-10-13(12-6-4-3-5-7-12)8-9-14(11)15(16)17-2/h3-4,6-10H,1-2H3. The van der Waals surface area contributed by atoms with Crippen molar-refractivity contribution in [3.05, 3.63) is 59.7 Å². The first-order chi connectivity index (χ1) is 8.22. The van der Waals surface area contributed by atoms with Gasteiger partial charge in [0.05, 0.1) is 12.7 Å². The molecule has 0 amide bonds. The van der Waals surface area contributed by atoms with E-state index in [-0.39, 0.29) is 5.97 Å². The fourth-order valence-corrected chi connectivity index (χ4v) is 1.76. The lowest BCUT2D eigenvalue weighted by Crippen LogP contribution is -2.03. The third kappa shape index (κ3) is 2.36. The number of benzene rings is 2. The molecule has 17 heavy (non-hydrogen) atoms. The summed E-state index contributed by atoms with van der Waals surface area (Å²) in [6.45, 7) is 1.91. The molecule has 0 aromatic heterocycles. The van der Waals surface area contributed by atoms with Crippen LogP contribution in [-0.4, -0.2) is 13.1 Å². The number of ether oxygens (including phenoxy) is 1. The normalized spacial score (nSPS) is 10.0. The summed E-state index contributed by atoms with van der Waals surface area (Å²) in [6, 6.07) is 16.5. The first-order valence-corrected chi connectivity index (χ1v) is 5.38. The molecule has 2 nitrogen and oxygen atoms in total. The lowest BCUT2D eigenvalue weighted by atomic mass is 10.00. The number of rotatable bonds is 2. The number of hydrogen-bond acceptors (Lipinski definition) is 2. The molecule has 1 radical (unpaired) electrons. The van der Waals surface area contributed by atoms with Gasteiger partial charge in [-0.05, 0) is 41.8 Å². The Morgan fingerprint density at radius 1 is 1.24 bits per heavy atom. The van der Waals surface area contributed by atoms with E-state index in [0.717, 1.165) is 16.7 Å². The molecule has 85 valence electrons. The van der Waals surface area contributed by atoms with Crippen LogP contribution in [0.15, 0.2) is 42.5 Å². The molecule has 0 saturated carbocycles. The van der Waals surface area contributed by atoms with Crippen molar-refractivity contribution in [2.75, 3.05) is 7.11 Å². The highest BCUT2D eigenvalue weighted by molar-refractivity contribution is 5.91. The molecule has 0 heterocycles. The van der Waals surface area contributed by atoms with Gasteiger partial charge in [-0.25, -0.2) is 4.79 Å². The lowest BCUT2D eigenvalue weighted by molar-refractivity contribution is 0.0600. The first kappa shape index (κ1) is 11.4. The zero-order chi connectivity index (χ0) is 12.3. The predicted molar refractivity (Wildman–Crippen MR) is 66.8 cm³/mol. The van der Waals surface area contributed by atoms with Gasteiger partial charge in [0.25, 0.3) is 0 Å². The van der Waals surface area contributed by atoms with Gasteiger partial charge >= 0.3 is 5.97 Å². The fraction of sp³-hybridized carbons (Fsp3) is 0.133. The highest BCUT2D eigenvalue weighted by Gasteiger charge is 2.09. The lowest BCUT2D eigenvalue weighted by Gasteiger charge is -2.07.